The second kappa shape index (κ2) is 6.71. The Labute approximate surface area is 154 Å². The van der Waals surface area contributed by atoms with Crippen molar-refractivity contribution in [2.45, 2.75) is 55.0 Å². The molecule has 1 amide bonds. The quantitative estimate of drug-likeness (QED) is 0.452. The summed E-state index contributed by atoms with van der Waals surface area (Å²) in [6.07, 6.45) is 4.57. The van der Waals surface area contributed by atoms with Crippen molar-refractivity contribution in [2.75, 3.05) is 5.32 Å². The van der Waals surface area contributed by atoms with Gasteiger partial charge in [-0.3, -0.25) is 14.9 Å². The van der Waals surface area contributed by atoms with Crippen LogP contribution in [0.5, 0.6) is 0 Å². The fourth-order valence-corrected chi connectivity index (χ4v) is 3.78. The van der Waals surface area contributed by atoms with E-state index in [0.717, 1.165) is 36.7 Å². The van der Waals surface area contributed by atoms with Gasteiger partial charge in [-0.25, -0.2) is 0 Å². The number of para-hydroxylation sites is 2. The van der Waals surface area contributed by atoms with Crippen molar-refractivity contribution in [1.82, 2.24) is 14.8 Å². The Kier molecular flexibility index (Phi) is 4.39. The Morgan fingerprint density at radius 1 is 1.31 bits per heavy atom. The summed E-state index contributed by atoms with van der Waals surface area (Å²) < 4.78 is 2.19. The fourth-order valence-electron chi connectivity index (χ4n) is 2.85. The number of hydrogen-bond acceptors (Lipinski definition) is 6. The van der Waals surface area contributed by atoms with Crippen molar-refractivity contribution in [3.63, 3.8) is 0 Å². The van der Waals surface area contributed by atoms with Gasteiger partial charge in [-0.15, -0.1) is 10.2 Å². The Morgan fingerprint density at radius 2 is 2.04 bits per heavy atom. The van der Waals surface area contributed by atoms with E-state index < -0.39 is 10.2 Å². The SMILES string of the molecule is C[C@H](Sc1nnc(C2CC2)n1C1CC1)C(=O)Nc1ccccc1[N+](=O)[O-]. The third kappa shape index (κ3) is 3.44. The molecular formula is C17H19N5O3S. The molecule has 136 valence electrons. The number of benzene rings is 1. The Balaban J connectivity index is 1.48. The lowest BCUT2D eigenvalue weighted by Crippen LogP contribution is -2.23. The number of nitrogens with one attached hydrogen (secondary N) is 1. The largest absolute Gasteiger partial charge is 0.319 e. The van der Waals surface area contributed by atoms with Crippen LogP contribution in [-0.2, 0) is 4.79 Å². The molecule has 9 heteroatoms. The molecule has 8 nitrogen and oxygen atoms in total. The number of rotatable bonds is 7. The molecule has 0 saturated heterocycles. The topological polar surface area (TPSA) is 103 Å². The highest BCUT2D eigenvalue weighted by Crippen LogP contribution is 2.46. The molecule has 2 fully saturated rings. The Hall–Kier alpha value is -2.42. The monoisotopic (exact) mass is 373 g/mol. The van der Waals surface area contributed by atoms with E-state index in [2.05, 4.69) is 20.1 Å². The van der Waals surface area contributed by atoms with Gasteiger partial charge < -0.3 is 9.88 Å². The molecule has 2 saturated carbocycles. The fraction of sp³-hybridized carbons (Fsp3) is 0.471. The molecule has 0 bridgehead atoms. The summed E-state index contributed by atoms with van der Waals surface area (Å²) >= 11 is 1.35. The predicted octanol–water partition coefficient (Wildman–Crippen LogP) is 3.52. The molecule has 1 atom stereocenters. The van der Waals surface area contributed by atoms with Crippen LogP contribution in [0.4, 0.5) is 11.4 Å². The Bertz CT molecular complexity index is 860. The van der Waals surface area contributed by atoms with Gasteiger partial charge in [0, 0.05) is 18.0 Å². The van der Waals surface area contributed by atoms with E-state index in [1.807, 2.05) is 0 Å². The predicted molar refractivity (Wildman–Crippen MR) is 97.3 cm³/mol. The maximum atomic E-state index is 12.5. The third-order valence-electron chi connectivity index (χ3n) is 4.56. The molecule has 2 aliphatic rings. The highest BCUT2D eigenvalue weighted by molar-refractivity contribution is 8.00. The number of amides is 1. The average molecular weight is 373 g/mol. The number of nitro benzene ring substituents is 1. The van der Waals surface area contributed by atoms with E-state index >= 15 is 0 Å². The zero-order valence-electron chi connectivity index (χ0n) is 14.3. The van der Waals surface area contributed by atoms with E-state index in [1.54, 1.807) is 19.1 Å². The van der Waals surface area contributed by atoms with Crippen LogP contribution in [0.25, 0.3) is 0 Å². The molecule has 4 rings (SSSR count). The van der Waals surface area contributed by atoms with Gasteiger partial charge in [0.1, 0.15) is 11.5 Å². The lowest BCUT2D eigenvalue weighted by Gasteiger charge is -2.13. The third-order valence-corrected chi connectivity index (χ3v) is 5.61. The summed E-state index contributed by atoms with van der Waals surface area (Å²) in [7, 11) is 0. The minimum Gasteiger partial charge on any atom is -0.319 e. The van der Waals surface area contributed by atoms with Gasteiger partial charge in [-0.1, -0.05) is 23.9 Å². The highest BCUT2D eigenvalue weighted by Gasteiger charge is 2.37. The molecular weight excluding hydrogens is 354 g/mol. The Morgan fingerprint density at radius 3 is 2.69 bits per heavy atom. The van der Waals surface area contributed by atoms with Gasteiger partial charge in [0.05, 0.1) is 10.2 Å². The second-order valence-corrected chi connectivity index (χ2v) is 8.05. The second-order valence-electron chi connectivity index (χ2n) is 6.74. The number of anilines is 1. The minimum absolute atomic E-state index is 0.116. The number of aromatic nitrogens is 3. The van der Waals surface area contributed by atoms with Gasteiger partial charge >= 0.3 is 0 Å². The molecule has 1 aromatic carbocycles. The van der Waals surface area contributed by atoms with Crippen molar-refractivity contribution < 1.29 is 9.72 Å². The number of thioether (sulfide) groups is 1. The van der Waals surface area contributed by atoms with Gasteiger partial charge in [0.2, 0.25) is 5.91 Å². The van der Waals surface area contributed by atoms with Gasteiger partial charge in [-0.05, 0) is 38.7 Å². The van der Waals surface area contributed by atoms with E-state index in [0.29, 0.717) is 12.0 Å². The summed E-state index contributed by atoms with van der Waals surface area (Å²) in [6.45, 7) is 1.78. The van der Waals surface area contributed by atoms with Gasteiger partial charge in [-0.2, -0.15) is 0 Å². The smallest absolute Gasteiger partial charge is 0.292 e. The van der Waals surface area contributed by atoms with Crippen LogP contribution in [0.1, 0.15) is 50.4 Å². The van der Waals surface area contributed by atoms with Crippen molar-refractivity contribution in [3.8, 4) is 0 Å². The first kappa shape index (κ1) is 17.0. The molecule has 1 heterocycles. The van der Waals surface area contributed by atoms with E-state index in [9.17, 15) is 14.9 Å². The summed E-state index contributed by atoms with van der Waals surface area (Å²) in [6, 6.07) is 6.59. The number of nitro groups is 1. The lowest BCUT2D eigenvalue weighted by atomic mass is 10.2. The molecule has 1 aromatic heterocycles. The van der Waals surface area contributed by atoms with Crippen LogP contribution >= 0.6 is 11.8 Å². The zero-order chi connectivity index (χ0) is 18.3. The lowest BCUT2D eigenvalue weighted by molar-refractivity contribution is -0.383. The summed E-state index contributed by atoms with van der Waals surface area (Å²) in [5.74, 6) is 1.26. The molecule has 26 heavy (non-hydrogen) atoms. The molecule has 0 unspecified atom stereocenters. The summed E-state index contributed by atoms with van der Waals surface area (Å²) in [5.41, 5.74) is 0.0903. The maximum absolute atomic E-state index is 12.5. The van der Waals surface area contributed by atoms with Crippen LogP contribution in [0.15, 0.2) is 29.4 Å². The van der Waals surface area contributed by atoms with Gasteiger partial charge in [0.15, 0.2) is 5.16 Å². The van der Waals surface area contributed by atoms with Crippen LogP contribution < -0.4 is 5.32 Å². The minimum atomic E-state index is -0.501. The van der Waals surface area contributed by atoms with E-state index in [-0.39, 0.29) is 17.3 Å². The number of hydrogen-bond donors (Lipinski definition) is 1. The van der Waals surface area contributed by atoms with Crippen molar-refractivity contribution in [3.05, 3.63) is 40.2 Å². The molecule has 0 radical (unpaired) electrons. The molecule has 0 spiro atoms. The van der Waals surface area contributed by atoms with E-state index in [4.69, 9.17) is 0 Å². The average Bonchev–Trinajstić information content (AvgIpc) is 3.54. The van der Waals surface area contributed by atoms with Crippen molar-refractivity contribution in [2.24, 2.45) is 0 Å². The van der Waals surface area contributed by atoms with E-state index in [1.165, 1.54) is 23.9 Å². The molecule has 2 aromatic rings. The van der Waals surface area contributed by atoms with Crippen LogP contribution in [0.3, 0.4) is 0 Å². The standard InChI is InChI=1S/C17H19N5O3S/c1-10(16(23)18-13-4-2-3-5-14(13)22(24)25)26-17-20-19-15(11-6-7-11)21(17)12-8-9-12/h2-5,10-12H,6-9H2,1H3,(H,18,23)/t10-/m0/s1. The maximum Gasteiger partial charge on any atom is 0.292 e. The first-order valence-electron chi connectivity index (χ1n) is 8.70. The highest BCUT2D eigenvalue weighted by atomic mass is 32.2. The molecule has 2 aliphatic carbocycles. The van der Waals surface area contributed by atoms with Gasteiger partial charge in [0.25, 0.3) is 5.69 Å². The first-order chi connectivity index (χ1) is 12.5. The molecule has 0 aliphatic heterocycles. The number of nitrogens with zero attached hydrogens (tertiary/aromatic N) is 4. The van der Waals surface area contributed by atoms with Crippen LogP contribution in [0, 0.1) is 10.1 Å². The van der Waals surface area contributed by atoms with Crippen LogP contribution in [-0.4, -0.2) is 30.8 Å². The summed E-state index contributed by atoms with van der Waals surface area (Å²) in [5, 5.41) is 22.7. The number of carbonyl (C=O) groups excluding carboxylic acids is 1. The zero-order valence-corrected chi connectivity index (χ0v) is 15.1. The number of carbonyl (C=O) groups is 1. The summed E-state index contributed by atoms with van der Waals surface area (Å²) in [4.78, 5) is 23.1. The molecule has 1 N–H and O–H groups in total. The van der Waals surface area contributed by atoms with Crippen molar-refractivity contribution >= 4 is 29.0 Å². The van der Waals surface area contributed by atoms with Crippen LogP contribution in [0.2, 0.25) is 0 Å². The normalized spacial score (nSPS) is 17.7. The van der Waals surface area contributed by atoms with Crippen molar-refractivity contribution in [1.29, 1.82) is 0 Å². The first-order valence-corrected chi connectivity index (χ1v) is 9.58.